The van der Waals surface area contributed by atoms with E-state index in [-0.39, 0.29) is 11.4 Å². The first-order valence-corrected chi connectivity index (χ1v) is 15.6. The fourth-order valence-corrected chi connectivity index (χ4v) is 7.81. The van der Waals surface area contributed by atoms with Gasteiger partial charge in [-0.25, -0.2) is 4.98 Å². The van der Waals surface area contributed by atoms with Crippen LogP contribution in [0.4, 0.5) is 11.4 Å². The molecule has 2 fully saturated rings. The number of nitriles is 1. The molecule has 1 amide bonds. The van der Waals surface area contributed by atoms with E-state index in [2.05, 4.69) is 39.4 Å². The first-order chi connectivity index (χ1) is 21.9. The lowest BCUT2D eigenvalue weighted by Gasteiger charge is -2.39. The summed E-state index contributed by atoms with van der Waals surface area (Å²) in [4.78, 5) is 26.9. The zero-order chi connectivity index (χ0) is 30.8. The summed E-state index contributed by atoms with van der Waals surface area (Å²) in [5, 5.41) is 19.8. The number of amides is 1. The number of rotatable bonds is 5. The van der Waals surface area contributed by atoms with Gasteiger partial charge in [0.05, 0.1) is 59.1 Å². The Morgan fingerprint density at radius 2 is 1.76 bits per heavy atom. The number of pyridine rings is 1. The molecular weight excluding hydrogens is 566 g/mol. The van der Waals surface area contributed by atoms with Crippen molar-refractivity contribution in [2.75, 3.05) is 43.2 Å². The second-order valence-electron chi connectivity index (χ2n) is 12.6. The van der Waals surface area contributed by atoms with E-state index in [0.717, 1.165) is 63.2 Å². The highest BCUT2D eigenvalue weighted by Crippen LogP contribution is 2.53. The van der Waals surface area contributed by atoms with Gasteiger partial charge in [0.2, 0.25) is 5.91 Å². The van der Waals surface area contributed by atoms with Crippen molar-refractivity contribution in [1.82, 2.24) is 29.5 Å². The van der Waals surface area contributed by atoms with E-state index in [1.165, 1.54) is 0 Å². The number of ether oxygens (including phenoxy) is 1. The maximum atomic E-state index is 14.3. The van der Waals surface area contributed by atoms with Crippen LogP contribution in [-0.4, -0.2) is 68.8 Å². The van der Waals surface area contributed by atoms with Crippen LogP contribution in [0.1, 0.15) is 37.7 Å². The third kappa shape index (κ3) is 4.12. The van der Waals surface area contributed by atoms with Crippen LogP contribution in [0, 0.1) is 11.3 Å². The molecule has 1 aromatic carbocycles. The zero-order valence-corrected chi connectivity index (χ0v) is 25.5. The normalized spacial score (nSPS) is 18.9. The Morgan fingerprint density at radius 3 is 2.47 bits per heavy atom. The van der Waals surface area contributed by atoms with Crippen molar-refractivity contribution in [2.24, 2.45) is 7.05 Å². The quantitative estimate of drug-likeness (QED) is 0.308. The number of benzene rings is 1. The number of fused-ring (bicyclic) bond motifs is 4. The first-order valence-electron chi connectivity index (χ1n) is 15.6. The largest absolute Gasteiger partial charge is 0.381 e. The molecule has 2 saturated heterocycles. The van der Waals surface area contributed by atoms with Crippen LogP contribution in [-0.2, 0) is 27.5 Å². The summed E-state index contributed by atoms with van der Waals surface area (Å²) in [7, 11) is 3.79. The van der Waals surface area contributed by atoms with Crippen LogP contribution in [0.2, 0.25) is 0 Å². The van der Waals surface area contributed by atoms with Gasteiger partial charge in [0.25, 0.3) is 0 Å². The van der Waals surface area contributed by atoms with Gasteiger partial charge in [0, 0.05) is 74.9 Å². The minimum Gasteiger partial charge on any atom is -0.381 e. The average molecular weight is 602 g/mol. The van der Waals surface area contributed by atoms with Crippen molar-refractivity contribution in [3.63, 3.8) is 0 Å². The summed E-state index contributed by atoms with van der Waals surface area (Å²) >= 11 is 0. The van der Waals surface area contributed by atoms with Gasteiger partial charge >= 0.3 is 0 Å². The second kappa shape index (κ2) is 10.3. The number of nitrogens with one attached hydrogen (secondary N) is 1. The van der Waals surface area contributed by atoms with Crippen LogP contribution in [0.3, 0.4) is 0 Å². The number of likely N-dealkylation sites (N-methyl/N-ethyl adjacent to an activating group) is 1. The van der Waals surface area contributed by atoms with Crippen LogP contribution >= 0.6 is 0 Å². The first kappa shape index (κ1) is 27.6. The van der Waals surface area contributed by atoms with Gasteiger partial charge in [0.15, 0.2) is 0 Å². The highest BCUT2D eigenvalue weighted by Gasteiger charge is 2.53. The molecule has 0 radical (unpaired) electrons. The molecule has 1 spiro atoms. The van der Waals surface area contributed by atoms with E-state index >= 15 is 0 Å². The minimum absolute atomic E-state index is 0.125. The summed E-state index contributed by atoms with van der Waals surface area (Å²) in [6, 6.07) is 12.7. The Balaban J connectivity index is 1.20. The van der Waals surface area contributed by atoms with E-state index in [1.54, 1.807) is 9.58 Å². The number of aromatic nitrogens is 6. The molecule has 3 aliphatic heterocycles. The summed E-state index contributed by atoms with van der Waals surface area (Å²) in [6.07, 6.45) is 13.0. The van der Waals surface area contributed by atoms with E-state index in [9.17, 15) is 10.1 Å². The van der Waals surface area contributed by atoms with Crippen molar-refractivity contribution in [2.45, 2.75) is 43.1 Å². The number of hydrogen-bond donors (Lipinski definition) is 1. The third-order valence-electron chi connectivity index (χ3n) is 10.3. The number of H-pyrrole nitrogens is 1. The lowest BCUT2D eigenvalue weighted by Crippen LogP contribution is -2.48. The molecule has 0 atom stereocenters. The van der Waals surface area contributed by atoms with Gasteiger partial charge in [0.1, 0.15) is 5.65 Å². The van der Waals surface area contributed by atoms with Crippen LogP contribution in [0.25, 0.3) is 33.4 Å². The van der Waals surface area contributed by atoms with E-state index in [0.29, 0.717) is 45.6 Å². The number of carbonyl (C=O) groups is 1. The molecule has 0 unspecified atom stereocenters. The van der Waals surface area contributed by atoms with Crippen molar-refractivity contribution in [3.8, 4) is 28.5 Å². The summed E-state index contributed by atoms with van der Waals surface area (Å²) in [5.41, 5.74) is 6.78. The molecule has 11 heteroatoms. The van der Waals surface area contributed by atoms with E-state index in [1.807, 2.05) is 61.8 Å². The monoisotopic (exact) mass is 601 g/mol. The predicted molar refractivity (Wildman–Crippen MR) is 171 cm³/mol. The summed E-state index contributed by atoms with van der Waals surface area (Å²) in [6.45, 7) is 2.69. The van der Waals surface area contributed by atoms with E-state index < -0.39 is 5.41 Å². The molecular formula is C34H35N9O2. The molecule has 4 aromatic heterocycles. The van der Waals surface area contributed by atoms with Gasteiger partial charge in [-0.05, 0) is 31.2 Å². The minimum atomic E-state index is -0.668. The van der Waals surface area contributed by atoms with E-state index in [4.69, 9.17) is 14.8 Å². The number of piperidine rings is 1. The maximum absolute atomic E-state index is 14.3. The number of hydrogen-bond acceptors (Lipinski definition) is 7. The van der Waals surface area contributed by atoms with Crippen LogP contribution < -0.4 is 9.80 Å². The molecule has 8 rings (SSSR count). The SMILES string of the molecule is CN1C(=O)C2(CCN(c3cnn(C4(CC#N)CCOCC4)c3)CC2)c2c1cnc1[nH]c(-c3cnn(C)c3)c(-c3ccccc3)c21. The lowest BCUT2D eigenvalue weighted by atomic mass is 9.72. The van der Waals surface area contributed by atoms with Crippen molar-refractivity contribution >= 4 is 28.3 Å². The van der Waals surface area contributed by atoms with Crippen molar-refractivity contribution in [3.05, 3.63) is 66.9 Å². The molecule has 11 nitrogen and oxygen atoms in total. The molecule has 45 heavy (non-hydrogen) atoms. The molecule has 0 aliphatic carbocycles. The summed E-state index contributed by atoms with van der Waals surface area (Å²) in [5.74, 6) is 0.125. The fourth-order valence-electron chi connectivity index (χ4n) is 7.81. The van der Waals surface area contributed by atoms with Gasteiger partial charge < -0.3 is 19.5 Å². The average Bonchev–Trinajstić information content (AvgIpc) is 3.86. The molecule has 7 heterocycles. The molecule has 5 aromatic rings. The number of aryl methyl sites for hydroxylation is 1. The Morgan fingerprint density at radius 1 is 0.978 bits per heavy atom. The highest BCUT2D eigenvalue weighted by atomic mass is 16.5. The molecule has 0 saturated carbocycles. The smallest absolute Gasteiger partial charge is 0.237 e. The Bertz CT molecular complexity index is 1950. The van der Waals surface area contributed by atoms with Gasteiger partial charge in [-0.1, -0.05) is 30.3 Å². The number of carbonyl (C=O) groups excluding carboxylic acids is 1. The number of nitrogens with zero attached hydrogens (tertiary/aromatic N) is 8. The number of anilines is 2. The zero-order valence-electron chi connectivity index (χ0n) is 25.5. The molecule has 228 valence electrons. The van der Waals surface area contributed by atoms with Gasteiger partial charge in [-0.3, -0.25) is 14.2 Å². The fraction of sp³-hybridized carbons (Fsp3) is 0.382. The molecule has 3 aliphatic rings. The van der Waals surface area contributed by atoms with Crippen molar-refractivity contribution in [1.29, 1.82) is 5.26 Å². The second-order valence-corrected chi connectivity index (χ2v) is 12.6. The summed E-state index contributed by atoms with van der Waals surface area (Å²) < 4.78 is 9.39. The Kier molecular flexibility index (Phi) is 6.32. The molecule has 1 N–H and O–H groups in total. The van der Waals surface area contributed by atoms with Crippen LogP contribution in [0.15, 0.2) is 61.3 Å². The lowest BCUT2D eigenvalue weighted by molar-refractivity contribution is -0.123. The molecule has 0 bridgehead atoms. The van der Waals surface area contributed by atoms with Gasteiger partial charge in [-0.2, -0.15) is 15.5 Å². The Hall–Kier alpha value is -4.95. The standard InChI is InChI=1S/C34H35N9O2/c1-40-21-24(18-37-40)30-27(23-6-4-3-5-7-23)28-29-26(20-36-31(28)39-30)41(2)32(44)34(29)9-14-42(15-10-34)25-19-38-43(22-25)33(8-13-35)11-16-45-17-12-33/h3-7,18-22H,8-12,14-17H2,1-2H3,(H,36,39). The predicted octanol–water partition coefficient (Wildman–Crippen LogP) is 4.76. The third-order valence-corrected chi connectivity index (χ3v) is 10.3. The Labute approximate surface area is 261 Å². The number of aromatic amines is 1. The highest BCUT2D eigenvalue weighted by molar-refractivity contribution is 6.16. The van der Waals surface area contributed by atoms with Crippen LogP contribution in [0.5, 0.6) is 0 Å². The topological polar surface area (TPSA) is 121 Å². The maximum Gasteiger partial charge on any atom is 0.237 e. The van der Waals surface area contributed by atoms with Crippen molar-refractivity contribution < 1.29 is 9.53 Å². The van der Waals surface area contributed by atoms with Gasteiger partial charge in [-0.15, -0.1) is 0 Å².